The standard InChI is InChI=1S/C20H14ClN3O3/c1-27-19-5-2-12(20(25)26)8-15(19)17-10-18(24-7-6-22-11-24)14-4-3-13(21)9-16(14)23-17/h2-11H,1H3,(H,25,26). The van der Waals surface area contributed by atoms with Crippen LogP contribution in [0.15, 0.2) is 61.2 Å². The van der Waals surface area contributed by atoms with Gasteiger partial charge in [0.1, 0.15) is 5.75 Å². The van der Waals surface area contributed by atoms with Crippen LogP contribution >= 0.6 is 11.6 Å². The van der Waals surface area contributed by atoms with Crippen molar-refractivity contribution < 1.29 is 14.6 Å². The largest absolute Gasteiger partial charge is 0.496 e. The van der Waals surface area contributed by atoms with Crippen LogP contribution in [0.1, 0.15) is 10.4 Å². The van der Waals surface area contributed by atoms with E-state index in [1.807, 2.05) is 22.9 Å². The number of pyridine rings is 1. The van der Waals surface area contributed by atoms with E-state index in [2.05, 4.69) is 4.98 Å². The van der Waals surface area contributed by atoms with Crippen molar-refractivity contribution in [3.05, 3.63) is 71.8 Å². The van der Waals surface area contributed by atoms with Gasteiger partial charge in [0.15, 0.2) is 0 Å². The van der Waals surface area contributed by atoms with Crippen molar-refractivity contribution in [2.45, 2.75) is 0 Å². The summed E-state index contributed by atoms with van der Waals surface area (Å²) in [4.78, 5) is 20.2. The van der Waals surface area contributed by atoms with Crippen molar-refractivity contribution in [1.29, 1.82) is 0 Å². The normalized spacial score (nSPS) is 10.9. The molecule has 2 aromatic heterocycles. The zero-order valence-electron chi connectivity index (χ0n) is 14.3. The van der Waals surface area contributed by atoms with Crippen molar-refractivity contribution >= 4 is 28.5 Å². The first-order chi connectivity index (χ1) is 13.1. The maximum atomic E-state index is 11.4. The van der Waals surface area contributed by atoms with Crippen LogP contribution in [-0.4, -0.2) is 32.7 Å². The molecule has 0 aliphatic carbocycles. The second-order valence-electron chi connectivity index (χ2n) is 5.88. The minimum absolute atomic E-state index is 0.156. The predicted molar refractivity (Wildman–Crippen MR) is 103 cm³/mol. The topological polar surface area (TPSA) is 77.2 Å². The second kappa shape index (κ2) is 6.74. The quantitative estimate of drug-likeness (QED) is 0.567. The molecule has 2 heterocycles. The molecule has 0 aliphatic rings. The first-order valence-corrected chi connectivity index (χ1v) is 8.45. The molecule has 0 aliphatic heterocycles. The van der Waals surface area contributed by atoms with E-state index in [0.717, 1.165) is 11.1 Å². The Kier molecular flexibility index (Phi) is 4.25. The van der Waals surface area contributed by atoms with E-state index < -0.39 is 5.97 Å². The van der Waals surface area contributed by atoms with E-state index >= 15 is 0 Å². The average Bonchev–Trinajstić information content (AvgIpc) is 3.20. The van der Waals surface area contributed by atoms with E-state index in [4.69, 9.17) is 21.3 Å². The van der Waals surface area contributed by atoms with Gasteiger partial charge in [-0.2, -0.15) is 0 Å². The second-order valence-corrected chi connectivity index (χ2v) is 6.31. The summed E-state index contributed by atoms with van der Waals surface area (Å²) in [6, 6.07) is 12.0. The number of imidazole rings is 1. The Morgan fingerprint density at radius 2 is 2.04 bits per heavy atom. The van der Waals surface area contributed by atoms with Gasteiger partial charge < -0.3 is 14.4 Å². The van der Waals surface area contributed by atoms with Crippen LogP contribution in [0.3, 0.4) is 0 Å². The fourth-order valence-electron chi connectivity index (χ4n) is 2.98. The lowest BCUT2D eigenvalue weighted by atomic mass is 10.0. The fraction of sp³-hybridized carbons (Fsp3) is 0.0500. The van der Waals surface area contributed by atoms with Crippen LogP contribution in [0.25, 0.3) is 27.8 Å². The van der Waals surface area contributed by atoms with Crippen molar-refractivity contribution in [2.75, 3.05) is 7.11 Å². The molecule has 0 fully saturated rings. The number of aromatic carboxylic acids is 1. The lowest BCUT2D eigenvalue weighted by Gasteiger charge is -2.13. The molecule has 0 unspecified atom stereocenters. The lowest BCUT2D eigenvalue weighted by Crippen LogP contribution is -2.00. The Labute approximate surface area is 159 Å². The Morgan fingerprint density at radius 1 is 1.19 bits per heavy atom. The van der Waals surface area contributed by atoms with E-state index in [9.17, 15) is 9.90 Å². The molecule has 0 saturated heterocycles. The van der Waals surface area contributed by atoms with Crippen LogP contribution < -0.4 is 4.74 Å². The van der Waals surface area contributed by atoms with Crippen molar-refractivity contribution in [3.8, 4) is 22.7 Å². The van der Waals surface area contributed by atoms with Crippen LogP contribution in [0.5, 0.6) is 5.75 Å². The zero-order chi connectivity index (χ0) is 19.0. The summed E-state index contributed by atoms with van der Waals surface area (Å²) in [5.41, 5.74) is 2.86. The molecular formula is C20H14ClN3O3. The summed E-state index contributed by atoms with van der Waals surface area (Å²) >= 11 is 6.16. The van der Waals surface area contributed by atoms with E-state index in [-0.39, 0.29) is 5.56 Å². The minimum atomic E-state index is -1.02. The molecule has 2 aromatic carbocycles. The van der Waals surface area contributed by atoms with E-state index in [1.54, 1.807) is 36.8 Å². The number of benzene rings is 2. The SMILES string of the molecule is COc1ccc(C(=O)O)cc1-c1cc(-n2ccnc2)c2ccc(Cl)cc2n1. The highest BCUT2D eigenvalue weighted by Gasteiger charge is 2.15. The summed E-state index contributed by atoms with van der Waals surface area (Å²) in [6.45, 7) is 0. The number of nitrogens with zero attached hydrogens (tertiary/aromatic N) is 3. The maximum Gasteiger partial charge on any atom is 0.335 e. The maximum absolute atomic E-state index is 11.4. The first-order valence-electron chi connectivity index (χ1n) is 8.07. The molecule has 6 nitrogen and oxygen atoms in total. The number of halogens is 1. The number of carbonyl (C=O) groups is 1. The number of carboxylic acids is 1. The first kappa shape index (κ1) is 17.1. The molecule has 1 N–H and O–H groups in total. The third-order valence-corrected chi connectivity index (χ3v) is 4.49. The van der Waals surface area contributed by atoms with Crippen LogP contribution in [0, 0.1) is 0 Å². The number of rotatable bonds is 4. The molecule has 0 radical (unpaired) electrons. The molecule has 0 amide bonds. The summed E-state index contributed by atoms with van der Waals surface area (Å²) in [5, 5.41) is 10.8. The molecular weight excluding hydrogens is 366 g/mol. The number of methoxy groups -OCH3 is 1. The average molecular weight is 380 g/mol. The summed E-state index contributed by atoms with van der Waals surface area (Å²) in [7, 11) is 1.54. The number of carboxylic acid groups (broad SMARTS) is 1. The summed E-state index contributed by atoms with van der Waals surface area (Å²) in [5.74, 6) is -0.483. The Bertz CT molecular complexity index is 1160. The van der Waals surface area contributed by atoms with Crippen LogP contribution in [0.2, 0.25) is 5.02 Å². The highest BCUT2D eigenvalue weighted by atomic mass is 35.5. The van der Waals surface area contributed by atoms with Crippen molar-refractivity contribution in [2.24, 2.45) is 0 Å². The molecule has 27 heavy (non-hydrogen) atoms. The minimum Gasteiger partial charge on any atom is -0.496 e. The van der Waals surface area contributed by atoms with Gasteiger partial charge in [-0.1, -0.05) is 11.6 Å². The van der Waals surface area contributed by atoms with Gasteiger partial charge in [0.2, 0.25) is 0 Å². The third kappa shape index (κ3) is 3.11. The number of fused-ring (bicyclic) bond motifs is 1. The van der Waals surface area contributed by atoms with Gasteiger partial charge in [-0.15, -0.1) is 0 Å². The third-order valence-electron chi connectivity index (χ3n) is 4.26. The molecule has 4 rings (SSSR count). The molecule has 0 atom stereocenters. The zero-order valence-corrected chi connectivity index (χ0v) is 15.0. The van der Waals surface area contributed by atoms with Gasteiger partial charge in [-0.25, -0.2) is 14.8 Å². The number of ether oxygens (including phenoxy) is 1. The summed E-state index contributed by atoms with van der Waals surface area (Å²) in [6.07, 6.45) is 5.21. The van der Waals surface area contributed by atoms with Crippen LogP contribution in [-0.2, 0) is 0 Å². The molecule has 4 aromatic rings. The number of hydrogen-bond donors (Lipinski definition) is 1. The Morgan fingerprint density at radius 3 is 2.74 bits per heavy atom. The summed E-state index contributed by atoms with van der Waals surface area (Å²) < 4.78 is 7.29. The van der Waals surface area contributed by atoms with Gasteiger partial charge in [-0.05, 0) is 42.5 Å². The van der Waals surface area contributed by atoms with Gasteiger partial charge in [0.25, 0.3) is 0 Å². The van der Waals surface area contributed by atoms with Crippen molar-refractivity contribution in [3.63, 3.8) is 0 Å². The molecule has 0 saturated carbocycles. The monoisotopic (exact) mass is 379 g/mol. The van der Waals surface area contributed by atoms with E-state index in [1.165, 1.54) is 13.2 Å². The van der Waals surface area contributed by atoms with Gasteiger partial charge in [0, 0.05) is 28.4 Å². The lowest BCUT2D eigenvalue weighted by molar-refractivity contribution is 0.0697. The van der Waals surface area contributed by atoms with Gasteiger partial charge >= 0.3 is 5.97 Å². The number of aromatic nitrogens is 3. The van der Waals surface area contributed by atoms with Gasteiger partial charge in [-0.3, -0.25) is 0 Å². The number of hydrogen-bond acceptors (Lipinski definition) is 4. The Balaban J connectivity index is 2.03. The van der Waals surface area contributed by atoms with Crippen molar-refractivity contribution in [1.82, 2.24) is 14.5 Å². The molecule has 7 heteroatoms. The molecule has 134 valence electrons. The fourth-order valence-corrected chi connectivity index (χ4v) is 3.14. The predicted octanol–water partition coefficient (Wildman–Crippen LogP) is 4.45. The highest BCUT2D eigenvalue weighted by molar-refractivity contribution is 6.31. The van der Waals surface area contributed by atoms with E-state index in [0.29, 0.717) is 27.5 Å². The molecule has 0 spiro atoms. The Hall–Kier alpha value is -3.38. The van der Waals surface area contributed by atoms with Gasteiger partial charge in [0.05, 0.1) is 35.9 Å². The van der Waals surface area contributed by atoms with Crippen LogP contribution in [0.4, 0.5) is 0 Å². The highest BCUT2D eigenvalue weighted by Crippen LogP contribution is 2.34. The smallest absolute Gasteiger partial charge is 0.335 e. The molecule has 0 bridgehead atoms.